The summed E-state index contributed by atoms with van der Waals surface area (Å²) in [4.78, 5) is 26.9. The molecule has 0 saturated carbocycles. The molecule has 2 aromatic rings. The second kappa shape index (κ2) is 5.00. The van der Waals surface area contributed by atoms with E-state index in [0.29, 0.717) is 22.7 Å². The molecule has 0 bridgehead atoms. The van der Waals surface area contributed by atoms with E-state index in [9.17, 15) is 9.59 Å². The lowest BCUT2D eigenvalue weighted by Gasteiger charge is -2.18. The van der Waals surface area contributed by atoms with Crippen molar-refractivity contribution in [2.75, 3.05) is 11.9 Å². The van der Waals surface area contributed by atoms with E-state index in [2.05, 4.69) is 10.3 Å². The van der Waals surface area contributed by atoms with Crippen molar-refractivity contribution in [2.24, 2.45) is 0 Å². The van der Waals surface area contributed by atoms with Gasteiger partial charge in [-0.15, -0.1) is 0 Å². The van der Waals surface area contributed by atoms with E-state index in [1.165, 1.54) is 6.20 Å². The zero-order valence-corrected chi connectivity index (χ0v) is 10.3. The van der Waals surface area contributed by atoms with Crippen LogP contribution in [-0.4, -0.2) is 23.5 Å². The molecular weight excluding hydrogens is 260 g/mol. The zero-order valence-electron chi connectivity index (χ0n) is 10.3. The summed E-state index contributed by atoms with van der Waals surface area (Å²) >= 11 is 0. The Kier molecular flexibility index (Phi) is 3.04. The smallest absolute Gasteiger partial charge is 0.345 e. The summed E-state index contributed by atoms with van der Waals surface area (Å²) < 4.78 is 10.5. The molecule has 1 N–H and O–H groups in total. The number of nitrogens with one attached hydrogen (secondary N) is 1. The number of rotatable bonds is 2. The Labute approximate surface area is 114 Å². The minimum atomic E-state index is -0.502. The fourth-order valence-electron chi connectivity index (χ4n) is 1.77. The molecule has 1 aromatic carbocycles. The predicted octanol–water partition coefficient (Wildman–Crippen LogP) is 1.63. The van der Waals surface area contributed by atoms with Crippen LogP contribution < -0.4 is 14.8 Å². The number of esters is 1. The minimum absolute atomic E-state index is 0.0486. The van der Waals surface area contributed by atoms with E-state index in [1.54, 1.807) is 36.5 Å². The van der Waals surface area contributed by atoms with E-state index in [1.807, 2.05) is 0 Å². The Morgan fingerprint density at radius 1 is 1.35 bits per heavy atom. The molecule has 1 aliphatic heterocycles. The Hall–Kier alpha value is -2.89. The normalized spacial score (nSPS) is 12.9. The number of carbonyl (C=O) groups is 2. The molecule has 6 heteroatoms. The average molecular weight is 270 g/mol. The second-order valence-electron chi connectivity index (χ2n) is 4.13. The highest BCUT2D eigenvalue weighted by Crippen LogP contribution is 2.31. The van der Waals surface area contributed by atoms with Gasteiger partial charge in [0.15, 0.2) is 6.61 Å². The number of aromatic nitrogens is 1. The molecule has 20 heavy (non-hydrogen) atoms. The molecule has 2 heterocycles. The van der Waals surface area contributed by atoms with Gasteiger partial charge in [-0.05, 0) is 24.3 Å². The fraction of sp³-hybridized carbons (Fsp3) is 0.0714. The molecule has 0 fully saturated rings. The van der Waals surface area contributed by atoms with Crippen LogP contribution in [0.3, 0.4) is 0 Å². The summed E-state index contributed by atoms with van der Waals surface area (Å²) in [5.74, 6) is 0.102. The van der Waals surface area contributed by atoms with Crippen LogP contribution in [0.2, 0.25) is 0 Å². The second-order valence-corrected chi connectivity index (χ2v) is 4.13. The van der Waals surface area contributed by atoms with Crippen LogP contribution in [-0.2, 0) is 4.79 Å². The predicted molar refractivity (Wildman–Crippen MR) is 69.8 cm³/mol. The lowest BCUT2D eigenvalue weighted by atomic mass is 10.2. The summed E-state index contributed by atoms with van der Waals surface area (Å²) in [7, 11) is 0. The number of hydrogen-bond acceptors (Lipinski definition) is 5. The maximum absolute atomic E-state index is 11.9. The van der Waals surface area contributed by atoms with Crippen LogP contribution in [0.25, 0.3) is 0 Å². The van der Waals surface area contributed by atoms with Crippen molar-refractivity contribution in [3.63, 3.8) is 0 Å². The van der Waals surface area contributed by atoms with Crippen LogP contribution in [0.5, 0.6) is 11.5 Å². The quantitative estimate of drug-likeness (QED) is 0.663. The minimum Gasteiger partial charge on any atom is -0.481 e. The summed E-state index contributed by atoms with van der Waals surface area (Å²) in [5, 5.41) is 2.66. The van der Waals surface area contributed by atoms with Gasteiger partial charge in [-0.1, -0.05) is 0 Å². The van der Waals surface area contributed by atoms with Crippen LogP contribution in [0.4, 0.5) is 5.69 Å². The number of hydrogen-bond donors (Lipinski definition) is 1. The fourth-order valence-corrected chi connectivity index (χ4v) is 1.77. The molecule has 1 aromatic heterocycles. The van der Waals surface area contributed by atoms with Crippen molar-refractivity contribution in [3.8, 4) is 11.5 Å². The van der Waals surface area contributed by atoms with Gasteiger partial charge in [-0.2, -0.15) is 0 Å². The number of nitrogens with zero attached hydrogens (tertiary/aromatic N) is 1. The molecule has 1 amide bonds. The van der Waals surface area contributed by atoms with Gasteiger partial charge in [0.05, 0.1) is 11.3 Å². The van der Waals surface area contributed by atoms with Crippen molar-refractivity contribution < 1.29 is 19.1 Å². The highest BCUT2D eigenvalue weighted by molar-refractivity contribution is 5.95. The highest BCUT2D eigenvalue weighted by Gasteiger charge is 2.17. The molecule has 0 atom stereocenters. The summed E-state index contributed by atoms with van der Waals surface area (Å²) in [5.41, 5.74) is 0.918. The lowest BCUT2D eigenvalue weighted by molar-refractivity contribution is -0.118. The Bertz CT molecular complexity index is 670. The Balaban J connectivity index is 1.79. The number of amides is 1. The molecule has 3 rings (SSSR count). The third-order valence-corrected chi connectivity index (χ3v) is 2.69. The number of pyridine rings is 1. The molecule has 0 radical (unpaired) electrons. The number of ether oxygens (including phenoxy) is 2. The monoisotopic (exact) mass is 270 g/mol. The summed E-state index contributed by atoms with van der Waals surface area (Å²) in [6, 6.07) is 8.04. The maximum atomic E-state index is 11.9. The largest absolute Gasteiger partial charge is 0.481 e. The Morgan fingerprint density at radius 2 is 2.25 bits per heavy atom. The van der Waals surface area contributed by atoms with Crippen LogP contribution >= 0.6 is 0 Å². The average Bonchev–Trinajstić information content (AvgIpc) is 2.48. The first-order chi connectivity index (χ1) is 9.72. The van der Waals surface area contributed by atoms with Gasteiger partial charge in [0.1, 0.15) is 11.5 Å². The molecular formula is C14H10N2O4. The van der Waals surface area contributed by atoms with Crippen molar-refractivity contribution in [3.05, 3.63) is 48.3 Å². The van der Waals surface area contributed by atoms with Gasteiger partial charge in [0, 0.05) is 18.5 Å². The SMILES string of the molecule is O=C1COc2cc(OC(=O)c3cccnc3)ccc2N1. The van der Waals surface area contributed by atoms with Crippen molar-refractivity contribution in [1.82, 2.24) is 4.98 Å². The number of benzene rings is 1. The molecule has 0 unspecified atom stereocenters. The first-order valence-corrected chi connectivity index (χ1v) is 5.91. The van der Waals surface area contributed by atoms with Crippen molar-refractivity contribution in [2.45, 2.75) is 0 Å². The van der Waals surface area contributed by atoms with E-state index in [0.717, 1.165) is 0 Å². The van der Waals surface area contributed by atoms with E-state index < -0.39 is 5.97 Å². The lowest BCUT2D eigenvalue weighted by Crippen LogP contribution is -2.25. The number of carbonyl (C=O) groups excluding carboxylic acids is 2. The number of fused-ring (bicyclic) bond motifs is 1. The highest BCUT2D eigenvalue weighted by atomic mass is 16.5. The molecule has 1 aliphatic rings. The third kappa shape index (κ3) is 2.44. The van der Waals surface area contributed by atoms with Crippen LogP contribution in [0.1, 0.15) is 10.4 Å². The van der Waals surface area contributed by atoms with Gasteiger partial charge in [0.25, 0.3) is 5.91 Å². The number of anilines is 1. The van der Waals surface area contributed by atoms with Crippen molar-refractivity contribution >= 4 is 17.6 Å². The first-order valence-electron chi connectivity index (χ1n) is 5.91. The molecule has 0 aliphatic carbocycles. The van der Waals surface area contributed by atoms with Crippen LogP contribution in [0.15, 0.2) is 42.7 Å². The van der Waals surface area contributed by atoms with Gasteiger partial charge in [0.2, 0.25) is 0 Å². The van der Waals surface area contributed by atoms with Gasteiger partial charge < -0.3 is 14.8 Å². The Morgan fingerprint density at radius 3 is 3.05 bits per heavy atom. The van der Waals surface area contributed by atoms with Gasteiger partial charge in [-0.3, -0.25) is 9.78 Å². The zero-order chi connectivity index (χ0) is 13.9. The van der Waals surface area contributed by atoms with E-state index in [-0.39, 0.29) is 12.5 Å². The standard InChI is InChI=1S/C14H10N2O4/c17-13-8-19-12-6-10(3-4-11(12)16-13)20-14(18)9-2-1-5-15-7-9/h1-7H,8H2,(H,16,17). The van der Waals surface area contributed by atoms with Crippen LogP contribution in [0, 0.1) is 0 Å². The molecule has 0 saturated heterocycles. The summed E-state index contributed by atoms with van der Waals surface area (Å²) in [6.45, 7) is -0.0486. The maximum Gasteiger partial charge on any atom is 0.345 e. The van der Waals surface area contributed by atoms with E-state index in [4.69, 9.17) is 9.47 Å². The third-order valence-electron chi connectivity index (χ3n) is 2.69. The van der Waals surface area contributed by atoms with Crippen molar-refractivity contribution in [1.29, 1.82) is 0 Å². The van der Waals surface area contributed by atoms with Gasteiger partial charge in [-0.25, -0.2) is 4.79 Å². The van der Waals surface area contributed by atoms with E-state index >= 15 is 0 Å². The summed E-state index contributed by atoms with van der Waals surface area (Å²) in [6.07, 6.45) is 3.00. The molecule has 100 valence electrons. The molecule has 6 nitrogen and oxygen atoms in total. The topological polar surface area (TPSA) is 77.5 Å². The van der Waals surface area contributed by atoms with Gasteiger partial charge >= 0.3 is 5.97 Å². The first kappa shape index (κ1) is 12.2. The molecule has 0 spiro atoms.